The highest BCUT2D eigenvalue weighted by Gasteiger charge is 2.43. The van der Waals surface area contributed by atoms with Crippen molar-refractivity contribution in [1.29, 1.82) is 0 Å². The molecule has 10 nitrogen and oxygen atoms in total. The van der Waals surface area contributed by atoms with Crippen LogP contribution in [0.5, 0.6) is 0 Å². The second-order valence-electron chi connectivity index (χ2n) is 16.0. The first kappa shape index (κ1) is 38.8. The Kier molecular flexibility index (Phi) is 13.3. The van der Waals surface area contributed by atoms with Gasteiger partial charge in [-0.25, -0.2) is 9.67 Å². The molecule has 0 aromatic carbocycles. The number of halogens is 1. The number of aryl methyl sites for hydroxylation is 2. The molecule has 0 saturated heterocycles. The monoisotopic (exact) mass is 721 g/mol. The fourth-order valence-electron chi connectivity index (χ4n) is 8.64. The van der Waals surface area contributed by atoms with Gasteiger partial charge in [0.2, 0.25) is 11.9 Å². The number of carbonyl (C=O) groups is 2. The topological polar surface area (TPSA) is 130 Å². The molecular weight excluding hydrogens is 662 g/mol. The standard InChI is InChI=1S/C39H60FN7O3Si/c1-7-21-46-36(38(41)48)30(24-42-46)35(34(27-15-11-9-12-16-27)28-17-13-10-14-18-28)39(49)44-32-20-19-29(37(40)43-32)33-26(3)45-47(31(33)8-2)25-50-22-23-51(4,5)6/h19-20,24,27-28,34-35H,7-18,21-23,25H2,1-6H3,(H2,41,48)(H,43,44,49)/t35-/m1/s1. The van der Waals surface area contributed by atoms with Crippen LogP contribution >= 0.6 is 0 Å². The second-order valence-corrected chi connectivity index (χ2v) is 21.6. The maximum atomic E-state index is 16.1. The summed E-state index contributed by atoms with van der Waals surface area (Å²) in [6.07, 6.45) is 14.2. The Hall–Kier alpha value is -3.38. The Balaban J connectivity index is 1.47. The Labute approximate surface area is 304 Å². The number of amides is 2. The zero-order valence-electron chi connectivity index (χ0n) is 31.8. The fourth-order valence-corrected chi connectivity index (χ4v) is 9.40. The average Bonchev–Trinajstić information content (AvgIpc) is 3.65. The molecule has 3 aromatic rings. The van der Waals surface area contributed by atoms with E-state index in [9.17, 15) is 9.59 Å². The summed E-state index contributed by atoms with van der Waals surface area (Å²) in [6.45, 7) is 14.4. The third-order valence-corrected chi connectivity index (χ3v) is 12.8. The predicted molar refractivity (Wildman–Crippen MR) is 203 cm³/mol. The van der Waals surface area contributed by atoms with Crippen LogP contribution in [-0.4, -0.2) is 51.0 Å². The van der Waals surface area contributed by atoms with Crippen LogP contribution < -0.4 is 11.1 Å². The van der Waals surface area contributed by atoms with Crippen LogP contribution in [0.15, 0.2) is 18.3 Å². The molecule has 0 unspecified atom stereocenters. The number of rotatable bonds is 16. The van der Waals surface area contributed by atoms with Crippen molar-refractivity contribution in [2.75, 3.05) is 11.9 Å². The number of hydrogen-bond donors (Lipinski definition) is 2. The van der Waals surface area contributed by atoms with Crippen LogP contribution in [0.3, 0.4) is 0 Å². The molecule has 0 spiro atoms. The molecule has 51 heavy (non-hydrogen) atoms. The molecule has 2 aliphatic rings. The first-order valence-corrected chi connectivity index (χ1v) is 23.1. The van der Waals surface area contributed by atoms with Gasteiger partial charge >= 0.3 is 0 Å². The zero-order chi connectivity index (χ0) is 36.7. The van der Waals surface area contributed by atoms with Crippen LogP contribution in [0.25, 0.3) is 11.1 Å². The number of aromatic nitrogens is 5. The number of hydrogen-bond acceptors (Lipinski definition) is 6. The van der Waals surface area contributed by atoms with Crippen molar-refractivity contribution in [2.24, 2.45) is 23.5 Å². The first-order valence-electron chi connectivity index (χ1n) is 19.4. The molecule has 5 rings (SSSR count). The van der Waals surface area contributed by atoms with E-state index in [0.29, 0.717) is 66.2 Å². The molecule has 280 valence electrons. The number of ether oxygens (including phenoxy) is 1. The molecule has 2 amide bonds. The van der Waals surface area contributed by atoms with Gasteiger partial charge in [-0.2, -0.15) is 14.6 Å². The van der Waals surface area contributed by atoms with Crippen molar-refractivity contribution < 1.29 is 18.7 Å². The van der Waals surface area contributed by atoms with Crippen molar-refractivity contribution in [1.82, 2.24) is 24.5 Å². The number of pyridine rings is 1. The van der Waals surface area contributed by atoms with Crippen LogP contribution in [-0.2, 0) is 29.2 Å². The van der Waals surface area contributed by atoms with E-state index in [1.54, 1.807) is 23.0 Å². The van der Waals surface area contributed by atoms with Gasteiger partial charge in [-0.15, -0.1) is 0 Å². The fraction of sp³-hybridized carbons (Fsp3) is 0.667. The van der Waals surface area contributed by atoms with Crippen LogP contribution in [0.1, 0.15) is 118 Å². The van der Waals surface area contributed by atoms with Crippen molar-refractivity contribution in [2.45, 2.75) is 143 Å². The van der Waals surface area contributed by atoms with E-state index >= 15 is 4.39 Å². The average molecular weight is 722 g/mol. The van der Waals surface area contributed by atoms with E-state index in [2.05, 4.69) is 35.0 Å². The Morgan fingerprint density at radius 2 is 1.67 bits per heavy atom. The summed E-state index contributed by atoms with van der Waals surface area (Å²) >= 11 is 0. The number of carbonyl (C=O) groups excluding carboxylic acids is 2. The third-order valence-electron chi connectivity index (χ3n) is 11.1. The van der Waals surface area contributed by atoms with Gasteiger partial charge in [0.1, 0.15) is 18.2 Å². The lowest BCUT2D eigenvalue weighted by atomic mass is 9.63. The van der Waals surface area contributed by atoms with E-state index in [1.165, 1.54) is 12.8 Å². The molecule has 1 atom stereocenters. The molecule has 12 heteroatoms. The molecular formula is C39H60FN7O3Si. The third kappa shape index (κ3) is 9.35. The lowest BCUT2D eigenvalue weighted by Gasteiger charge is -2.41. The highest BCUT2D eigenvalue weighted by molar-refractivity contribution is 6.76. The van der Waals surface area contributed by atoms with E-state index in [4.69, 9.17) is 15.6 Å². The summed E-state index contributed by atoms with van der Waals surface area (Å²) in [5, 5.41) is 12.3. The molecule has 3 heterocycles. The Bertz CT molecular complexity index is 1620. The molecule has 2 fully saturated rings. The number of nitrogens with zero attached hydrogens (tertiary/aromatic N) is 5. The van der Waals surface area contributed by atoms with Gasteiger partial charge in [0, 0.05) is 43.6 Å². The van der Waals surface area contributed by atoms with E-state index in [-0.39, 0.29) is 17.6 Å². The molecule has 3 aromatic heterocycles. The van der Waals surface area contributed by atoms with Crippen molar-refractivity contribution in [3.63, 3.8) is 0 Å². The maximum Gasteiger partial charge on any atom is 0.267 e. The number of nitrogens with one attached hydrogen (secondary N) is 1. The van der Waals surface area contributed by atoms with Gasteiger partial charge in [-0.3, -0.25) is 14.3 Å². The molecule has 2 saturated carbocycles. The minimum atomic E-state index is -1.23. The Morgan fingerprint density at radius 1 is 1.02 bits per heavy atom. The van der Waals surface area contributed by atoms with Crippen LogP contribution in [0, 0.1) is 30.6 Å². The maximum absolute atomic E-state index is 16.1. The lowest BCUT2D eigenvalue weighted by Crippen LogP contribution is -2.39. The summed E-state index contributed by atoms with van der Waals surface area (Å²) in [5.74, 6) is -1.39. The van der Waals surface area contributed by atoms with Crippen molar-refractivity contribution in [3.05, 3.63) is 46.9 Å². The van der Waals surface area contributed by atoms with E-state index < -0.39 is 25.8 Å². The number of primary amides is 1. The number of anilines is 1. The SMILES string of the molecule is CCCn1ncc([C@@H](C(=O)Nc2ccc(-c3c(C)nn(COCC[Si](C)(C)C)c3CC)c(F)n2)C(C2CCCCC2)C2CCCCC2)c1C(N)=O. The molecule has 2 aliphatic carbocycles. The minimum Gasteiger partial charge on any atom is -0.364 e. The smallest absolute Gasteiger partial charge is 0.267 e. The van der Waals surface area contributed by atoms with Crippen molar-refractivity contribution in [3.8, 4) is 11.1 Å². The van der Waals surface area contributed by atoms with Gasteiger partial charge in [0.25, 0.3) is 5.91 Å². The Morgan fingerprint density at radius 3 is 2.22 bits per heavy atom. The van der Waals surface area contributed by atoms with Gasteiger partial charge in [0.15, 0.2) is 0 Å². The molecule has 0 radical (unpaired) electrons. The van der Waals surface area contributed by atoms with Crippen molar-refractivity contribution >= 4 is 25.7 Å². The quantitative estimate of drug-likeness (QED) is 0.0867. The van der Waals surface area contributed by atoms with E-state index in [1.807, 2.05) is 25.5 Å². The summed E-state index contributed by atoms with van der Waals surface area (Å²) < 4.78 is 25.5. The van der Waals surface area contributed by atoms with Crippen LogP contribution in [0.2, 0.25) is 25.7 Å². The highest BCUT2D eigenvalue weighted by Crippen LogP contribution is 2.48. The van der Waals surface area contributed by atoms with Gasteiger partial charge in [-0.05, 0) is 55.7 Å². The van der Waals surface area contributed by atoms with Gasteiger partial charge < -0.3 is 15.8 Å². The largest absolute Gasteiger partial charge is 0.364 e. The second kappa shape index (κ2) is 17.4. The van der Waals surface area contributed by atoms with Gasteiger partial charge in [-0.1, -0.05) is 97.7 Å². The normalized spacial score (nSPS) is 16.9. The summed E-state index contributed by atoms with van der Waals surface area (Å²) in [7, 11) is -1.23. The summed E-state index contributed by atoms with van der Waals surface area (Å²) in [6, 6.07) is 4.40. The van der Waals surface area contributed by atoms with Gasteiger partial charge in [0.05, 0.1) is 17.8 Å². The molecule has 3 N–H and O–H groups in total. The first-order chi connectivity index (χ1) is 24.4. The lowest BCUT2D eigenvalue weighted by molar-refractivity contribution is -0.120. The predicted octanol–water partition coefficient (Wildman–Crippen LogP) is 8.47. The molecule has 0 bridgehead atoms. The van der Waals surface area contributed by atoms with E-state index in [0.717, 1.165) is 69.5 Å². The molecule has 0 aliphatic heterocycles. The summed E-state index contributed by atoms with van der Waals surface area (Å²) in [5.41, 5.74) is 9.51. The summed E-state index contributed by atoms with van der Waals surface area (Å²) in [4.78, 5) is 32.0. The highest BCUT2D eigenvalue weighted by atomic mass is 28.3. The number of nitrogens with two attached hydrogens (primary N) is 1. The minimum absolute atomic E-state index is 0.0145. The zero-order valence-corrected chi connectivity index (χ0v) is 32.8. The van der Waals surface area contributed by atoms with Crippen LogP contribution in [0.4, 0.5) is 10.2 Å².